The van der Waals surface area contributed by atoms with Crippen LogP contribution < -0.4 is 4.74 Å². The zero-order chi connectivity index (χ0) is 13.2. The Morgan fingerprint density at radius 1 is 1.26 bits per heavy atom. The van der Waals surface area contributed by atoms with Gasteiger partial charge in [-0.25, -0.2) is 9.37 Å². The highest BCUT2D eigenvalue weighted by Crippen LogP contribution is 2.16. The van der Waals surface area contributed by atoms with Gasteiger partial charge in [0.25, 0.3) is 0 Å². The summed E-state index contributed by atoms with van der Waals surface area (Å²) >= 11 is 5.89. The van der Waals surface area contributed by atoms with Crippen LogP contribution in [0, 0.1) is 5.82 Å². The van der Waals surface area contributed by atoms with E-state index in [1.54, 1.807) is 30.5 Å². The van der Waals surface area contributed by atoms with E-state index < -0.39 is 0 Å². The van der Waals surface area contributed by atoms with Gasteiger partial charge in [-0.05, 0) is 24.3 Å². The van der Waals surface area contributed by atoms with Gasteiger partial charge < -0.3 is 9.14 Å². The maximum absolute atomic E-state index is 13.0. The van der Waals surface area contributed by atoms with Crippen LogP contribution in [0.4, 0.5) is 4.39 Å². The molecule has 96 valence electrons. The second kappa shape index (κ2) is 4.90. The van der Waals surface area contributed by atoms with Gasteiger partial charge in [0, 0.05) is 17.3 Å². The molecular formula is C14H10ClFN2O. The molecule has 0 amide bonds. The molecule has 0 atom stereocenters. The minimum atomic E-state index is -0.317. The number of aromatic nitrogens is 2. The van der Waals surface area contributed by atoms with Gasteiger partial charge in [0.15, 0.2) is 0 Å². The zero-order valence-corrected chi connectivity index (χ0v) is 10.6. The second-order valence-corrected chi connectivity index (χ2v) is 4.51. The minimum absolute atomic E-state index is 0.312. The number of imidazole rings is 1. The van der Waals surface area contributed by atoms with Crippen molar-refractivity contribution in [2.75, 3.05) is 0 Å². The minimum Gasteiger partial charge on any atom is -0.487 e. The highest BCUT2D eigenvalue weighted by molar-refractivity contribution is 6.30. The van der Waals surface area contributed by atoms with Gasteiger partial charge in [0.2, 0.25) is 0 Å². The summed E-state index contributed by atoms with van der Waals surface area (Å²) in [6.45, 7) is 0.312. The molecule has 0 N–H and O–H groups in total. The van der Waals surface area contributed by atoms with Crippen molar-refractivity contribution < 1.29 is 9.13 Å². The molecule has 5 heteroatoms. The smallest absolute Gasteiger partial charge is 0.138 e. The Bertz CT molecular complexity index is 726. The number of ether oxygens (including phenoxy) is 1. The van der Waals surface area contributed by atoms with E-state index in [0.717, 1.165) is 11.3 Å². The standard InChI is InChI=1S/C14H10ClFN2O/c15-10-4-5-18-12(8-17-14(18)6-10)9-19-13-3-1-2-11(16)7-13/h1-8H,9H2. The first-order valence-corrected chi connectivity index (χ1v) is 6.10. The Hall–Kier alpha value is -2.07. The van der Waals surface area contributed by atoms with Gasteiger partial charge in [-0.15, -0.1) is 0 Å². The van der Waals surface area contributed by atoms with Crippen molar-refractivity contribution in [3.63, 3.8) is 0 Å². The van der Waals surface area contributed by atoms with Crippen molar-refractivity contribution in [2.24, 2.45) is 0 Å². The van der Waals surface area contributed by atoms with E-state index in [0.29, 0.717) is 17.4 Å². The van der Waals surface area contributed by atoms with Crippen molar-refractivity contribution in [1.82, 2.24) is 9.38 Å². The Labute approximate surface area is 114 Å². The second-order valence-electron chi connectivity index (χ2n) is 4.07. The monoisotopic (exact) mass is 276 g/mol. The molecule has 3 aromatic rings. The third kappa shape index (κ3) is 2.53. The third-order valence-corrected chi connectivity index (χ3v) is 2.97. The summed E-state index contributed by atoms with van der Waals surface area (Å²) in [6.07, 6.45) is 3.54. The van der Waals surface area contributed by atoms with Gasteiger partial charge in [-0.3, -0.25) is 0 Å². The molecule has 0 bridgehead atoms. The van der Waals surface area contributed by atoms with E-state index in [9.17, 15) is 4.39 Å². The summed E-state index contributed by atoms with van der Waals surface area (Å²) in [5.41, 5.74) is 1.63. The van der Waals surface area contributed by atoms with E-state index in [-0.39, 0.29) is 5.82 Å². The largest absolute Gasteiger partial charge is 0.487 e. The van der Waals surface area contributed by atoms with Crippen LogP contribution in [0.1, 0.15) is 5.69 Å². The van der Waals surface area contributed by atoms with Crippen molar-refractivity contribution in [3.05, 3.63) is 65.3 Å². The molecule has 1 aromatic carbocycles. The molecule has 0 aliphatic rings. The van der Waals surface area contributed by atoms with E-state index in [1.165, 1.54) is 12.1 Å². The van der Waals surface area contributed by atoms with Crippen molar-refractivity contribution >= 4 is 17.2 Å². The highest BCUT2D eigenvalue weighted by Gasteiger charge is 2.05. The van der Waals surface area contributed by atoms with Gasteiger partial charge in [0.05, 0.1) is 11.9 Å². The van der Waals surface area contributed by atoms with Gasteiger partial charge in [-0.2, -0.15) is 0 Å². The Morgan fingerprint density at radius 3 is 3.00 bits per heavy atom. The summed E-state index contributed by atoms with van der Waals surface area (Å²) in [6, 6.07) is 9.60. The summed E-state index contributed by atoms with van der Waals surface area (Å²) in [5, 5.41) is 0.635. The van der Waals surface area contributed by atoms with Gasteiger partial charge >= 0.3 is 0 Å². The molecule has 0 radical (unpaired) electrons. The van der Waals surface area contributed by atoms with Crippen LogP contribution >= 0.6 is 11.6 Å². The molecule has 0 spiro atoms. The van der Waals surface area contributed by atoms with E-state index >= 15 is 0 Å². The number of nitrogens with zero attached hydrogens (tertiary/aromatic N) is 2. The molecule has 0 aliphatic carbocycles. The number of pyridine rings is 1. The van der Waals surface area contributed by atoms with Gasteiger partial charge in [0.1, 0.15) is 23.8 Å². The fourth-order valence-electron chi connectivity index (χ4n) is 1.83. The molecule has 0 saturated heterocycles. The maximum atomic E-state index is 13.0. The van der Waals surface area contributed by atoms with Crippen LogP contribution in [0.15, 0.2) is 48.8 Å². The molecule has 2 aromatic heterocycles. The molecule has 19 heavy (non-hydrogen) atoms. The van der Waals surface area contributed by atoms with E-state index in [2.05, 4.69) is 4.98 Å². The number of halogens is 2. The fourth-order valence-corrected chi connectivity index (χ4v) is 1.98. The predicted octanol–water partition coefficient (Wildman–Crippen LogP) is 3.71. The molecule has 2 heterocycles. The van der Waals surface area contributed by atoms with E-state index in [1.807, 2.05) is 10.6 Å². The number of hydrogen-bond acceptors (Lipinski definition) is 2. The number of fused-ring (bicyclic) bond motifs is 1. The third-order valence-electron chi connectivity index (χ3n) is 2.73. The van der Waals surface area contributed by atoms with Crippen LogP contribution in [0.25, 0.3) is 5.65 Å². The van der Waals surface area contributed by atoms with Crippen LogP contribution in [-0.2, 0) is 6.61 Å². The summed E-state index contributed by atoms with van der Waals surface area (Å²) in [4.78, 5) is 4.23. The van der Waals surface area contributed by atoms with Crippen molar-refractivity contribution in [3.8, 4) is 5.75 Å². The fraction of sp³-hybridized carbons (Fsp3) is 0.0714. The lowest BCUT2D eigenvalue weighted by Crippen LogP contribution is -1.99. The SMILES string of the molecule is Fc1cccc(OCc2cnc3cc(Cl)ccn23)c1. The van der Waals surface area contributed by atoms with Gasteiger partial charge in [-0.1, -0.05) is 17.7 Å². The van der Waals surface area contributed by atoms with Crippen molar-refractivity contribution in [2.45, 2.75) is 6.61 Å². The molecule has 0 saturated carbocycles. The van der Waals surface area contributed by atoms with Crippen LogP contribution in [0.3, 0.4) is 0 Å². The lowest BCUT2D eigenvalue weighted by molar-refractivity contribution is 0.298. The Morgan fingerprint density at radius 2 is 2.16 bits per heavy atom. The average Bonchev–Trinajstić information content (AvgIpc) is 2.78. The quantitative estimate of drug-likeness (QED) is 0.729. The normalized spacial score (nSPS) is 10.8. The lowest BCUT2D eigenvalue weighted by atomic mass is 10.3. The lowest BCUT2D eigenvalue weighted by Gasteiger charge is -2.06. The Kier molecular flexibility index (Phi) is 3.09. The zero-order valence-electron chi connectivity index (χ0n) is 9.88. The molecule has 0 fully saturated rings. The number of benzene rings is 1. The van der Waals surface area contributed by atoms with Crippen molar-refractivity contribution in [1.29, 1.82) is 0 Å². The Balaban J connectivity index is 1.82. The van der Waals surface area contributed by atoms with Crippen LogP contribution in [0.5, 0.6) is 5.75 Å². The first kappa shape index (κ1) is 12.0. The molecule has 3 rings (SSSR count). The predicted molar refractivity (Wildman–Crippen MR) is 70.9 cm³/mol. The highest BCUT2D eigenvalue weighted by atomic mass is 35.5. The average molecular weight is 277 g/mol. The summed E-state index contributed by atoms with van der Waals surface area (Å²) < 4.78 is 20.4. The topological polar surface area (TPSA) is 26.5 Å². The molecular weight excluding hydrogens is 267 g/mol. The molecule has 0 unspecified atom stereocenters. The maximum Gasteiger partial charge on any atom is 0.138 e. The first-order chi connectivity index (χ1) is 9.22. The number of hydrogen-bond donors (Lipinski definition) is 0. The van der Waals surface area contributed by atoms with Crippen LogP contribution in [0.2, 0.25) is 5.02 Å². The molecule has 3 nitrogen and oxygen atoms in total. The first-order valence-electron chi connectivity index (χ1n) is 5.72. The number of rotatable bonds is 3. The van der Waals surface area contributed by atoms with Crippen LogP contribution in [-0.4, -0.2) is 9.38 Å². The van der Waals surface area contributed by atoms with E-state index in [4.69, 9.17) is 16.3 Å². The molecule has 0 aliphatic heterocycles. The summed E-state index contributed by atoms with van der Waals surface area (Å²) in [7, 11) is 0. The summed E-state index contributed by atoms with van der Waals surface area (Å²) in [5.74, 6) is 0.173.